The lowest BCUT2D eigenvalue weighted by atomic mass is 10.2. The molecule has 3 rings (SSSR count). The molecule has 3 unspecified atom stereocenters. The third-order valence-corrected chi connectivity index (χ3v) is 12.1. The topological polar surface area (TPSA) is 17.1 Å². The number of halogens is 3. The summed E-state index contributed by atoms with van der Waals surface area (Å²) in [6.45, 7) is 0. The van der Waals surface area contributed by atoms with Crippen LogP contribution >= 0.6 is 54.9 Å². The third-order valence-electron chi connectivity index (χ3n) is 4.96. The van der Waals surface area contributed by atoms with Gasteiger partial charge in [0.2, 0.25) is 0 Å². The van der Waals surface area contributed by atoms with Crippen LogP contribution in [-0.2, 0) is 4.57 Å². The summed E-state index contributed by atoms with van der Waals surface area (Å²) >= 11 is 11.4. The van der Waals surface area contributed by atoms with Crippen LogP contribution in [0.5, 0.6) is 0 Å². The van der Waals surface area contributed by atoms with Gasteiger partial charge in [-0.2, -0.15) is 0 Å². The zero-order valence-electron chi connectivity index (χ0n) is 16.0. The van der Waals surface area contributed by atoms with E-state index >= 15 is 0 Å². The first-order valence-corrected chi connectivity index (χ1v) is 14.6. The molecule has 0 N–H and O–H groups in total. The van der Waals surface area contributed by atoms with Crippen LogP contribution < -0.4 is 0 Å². The van der Waals surface area contributed by atoms with E-state index in [0.29, 0.717) is 18.5 Å². The fraction of sp³-hybridized carbons (Fsp3) is 0.250. The maximum Gasteiger partial charge on any atom is 0.0920 e. The highest BCUT2D eigenvalue weighted by atomic mass is 79.9. The molecule has 0 fully saturated rings. The minimum atomic E-state index is -2.52. The zero-order chi connectivity index (χ0) is 20.7. The van der Waals surface area contributed by atoms with Gasteiger partial charge in [0, 0.05) is 33.0 Å². The van der Waals surface area contributed by atoms with Crippen LogP contribution in [0.15, 0.2) is 91.0 Å². The first-order valence-electron chi connectivity index (χ1n) is 9.61. The highest BCUT2D eigenvalue weighted by molar-refractivity contribution is 9.09. The maximum absolute atomic E-state index is 14.3. The van der Waals surface area contributed by atoms with Crippen molar-refractivity contribution in [1.29, 1.82) is 0 Å². The molecule has 0 aliphatic heterocycles. The van der Waals surface area contributed by atoms with Gasteiger partial charge in [-0.3, -0.25) is 0 Å². The predicted molar refractivity (Wildman–Crippen MR) is 137 cm³/mol. The normalized spacial score (nSPS) is 16.5. The van der Waals surface area contributed by atoms with Crippen LogP contribution in [0.4, 0.5) is 0 Å². The van der Waals surface area contributed by atoms with Crippen LogP contribution in [0.1, 0.15) is 31.2 Å². The van der Waals surface area contributed by atoms with Crippen LogP contribution in [0.25, 0.3) is 0 Å². The van der Waals surface area contributed by atoms with E-state index in [1.165, 1.54) is 16.7 Å². The summed E-state index contributed by atoms with van der Waals surface area (Å²) in [6.07, 6.45) is 1.88. The molecule has 0 heterocycles. The van der Waals surface area contributed by atoms with Crippen LogP contribution in [0.3, 0.4) is 0 Å². The fourth-order valence-electron chi connectivity index (χ4n) is 3.40. The molecule has 0 aliphatic rings. The van der Waals surface area contributed by atoms with Gasteiger partial charge in [0.05, 0.1) is 7.14 Å². The molecule has 0 aromatic heterocycles. The molecule has 0 spiro atoms. The van der Waals surface area contributed by atoms with E-state index in [9.17, 15) is 4.57 Å². The van der Waals surface area contributed by atoms with Gasteiger partial charge in [-0.15, -0.1) is 0 Å². The Balaban J connectivity index is 1.82. The Morgan fingerprint density at radius 2 is 0.759 bits per heavy atom. The number of alkyl halides is 3. The molecule has 1 nitrogen and oxygen atoms in total. The molecule has 0 saturated heterocycles. The highest BCUT2D eigenvalue weighted by Crippen LogP contribution is 2.57. The van der Waals surface area contributed by atoms with Crippen LogP contribution in [0, 0.1) is 0 Å². The van der Waals surface area contributed by atoms with Gasteiger partial charge in [0.1, 0.15) is 0 Å². The average molecular weight is 599 g/mol. The summed E-state index contributed by atoms with van der Waals surface area (Å²) in [5, 5.41) is 0. The van der Waals surface area contributed by atoms with E-state index in [1.54, 1.807) is 0 Å². The Morgan fingerprint density at radius 1 is 0.517 bits per heavy atom. The molecule has 0 bridgehead atoms. The first kappa shape index (κ1) is 23.0. The van der Waals surface area contributed by atoms with Crippen molar-refractivity contribution in [3.05, 3.63) is 108 Å². The summed E-state index contributed by atoms with van der Waals surface area (Å²) in [4.78, 5) is 0.210. The minimum absolute atomic E-state index is 0.0699. The second-order valence-electron chi connectivity index (χ2n) is 7.24. The summed E-state index contributed by atoms with van der Waals surface area (Å²) in [7, 11) is -2.52. The molecule has 3 atom stereocenters. The van der Waals surface area contributed by atoms with Gasteiger partial charge in [-0.1, -0.05) is 139 Å². The smallest absolute Gasteiger partial charge is 0.0920 e. The molecule has 3 aromatic carbocycles. The van der Waals surface area contributed by atoms with E-state index in [-0.39, 0.29) is 14.5 Å². The van der Waals surface area contributed by atoms with Crippen molar-refractivity contribution in [2.24, 2.45) is 0 Å². The summed E-state index contributed by atoms with van der Waals surface area (Å²) in [5.74, 6) is 0. The highest BCUT2D eigenvalue weighted by Gasteiger charge is 2.32. The van der Waals surface area contributed by atoms with Gasteiger partial charge in [0.25, 0.3) is 0 Å². The van der Waals surface area contributed by atoms with Crippen molar-refractivity contribution < 1.29 is 4.57 Å². The fourth-order valence-corrected chi connectivity index (χ4v) is 11.9. The number of hydrogen-bond donors (Lipinski definition) is 0. The largest absolute Gasteiger partial charge is 0.323 e. The summed E-state index contributed by atoms with van der Waals surface area (Å²) < 4.78 is 14.3. The Hall–Kier alpha value is -0.670. The Labute approximate surface area is 199 Å². The second kappa shape index (κ2) is 11.1. The number of rotatable bonds is 9. The van der Waals surface area contributed by atoms with Crippen molar-refractivity contribution in [3.8, 4) is 0 Å². The summed E-state index contributed by atoms with van der Waals surface area (Å²) in [5.41, 5.74) is 3.51. The molecule has 3 aromatic rings. The molecule has 29 heavy (non-hydrogen) atoms. The van der Waals surface area contributed by atoms with Crippen molar-refractivity contribution >= 4 is 54.9 Å². The molecule has 152 valence electrons. The zero-order valence-corrected chi connectivity index (χ0v) is 21.7. The average Bonchev–Trinajstić information content (AvgIpc) is 2.75. The summed E-state index contributed by atoms with van der Waals surface area (Å²) in [6, 6.07) is 30.8. The molecule has 0 amide bonds. The SMILES string of the molecule is O=P(CC(Br)c1ccccc1)(CC(Br)c1ccccc1)CC(Br)c1ccccc1. The standard InChI is InChI=1S/C24H24Br3OP/c25-22(19-10-4-1-5-11-19)16-29(28,17-23(26)20-12-6-2-7-13-20)18-24(27)21-14-8-3-9-15-21/h1-15,22-24H,16-18H2. The molecule has 0 aliphatic carbocycles. The lowest BCUT2D eigenvalue weighted by Crippen LogP contribution is -2.11. The van der Waals surface area contributed by atoms with E-state index in [4.69, 9.17) is 0 Å². The van der Waals surface area contributed by atoms with Crippen molar-refractivity contribution in [1.82, 2.24) is 0 Å². The van der Waals surface area contributed by atoms with Gasteiger partial charge >= 0.3 is 0 Å². The Kier molecular flexibility index (Phi) is 8.80. The van der Waals surface area contributed by atoms with E-state index in [2.05, 4.69) is 84.2 Å². The quantitative estimate of drug-likeness (QED) is 0.178. The van der Waals surface area contributed by atoms with E-state index in [0.717, 1.165) is 0 Å². The second-order valence-corrected chi connectivity index (χ2v) is 13.8. The lowest BCUT2D eigenvalue weighted by molar-refractivity contribution is 0.572. The maximum atomic E-state index is 14.3. The van der Waals surface area contributed by atoms with Crippen molar-refractivity contribution in [2.45, 2.75) is 14.5 Å². The van der Waals surface area contributed by atoms with Crippen molar-refractivity contribution in [2.75, 3.05) is 18.5 Å². The predicted octanol–water partition coefficient (Wildman–Crippen LogP) is 8.76. The van der Waals surface area contributed by atoms with Crippen LogP contribution in [-0.4, -0.2) is 18.5 Å². The molecule has 0 radical (unpaired) electrons. The minimum Gasteiger partial charge on any atom is -0.323 e. The van der Waals surface area contributed by atoms with E-state index < -0.39 is 7.14 Å². The van der Waals surface area contributed by atoms with Gasteiger partial charge < -0.3 is 4.57 Å². The van der Waals surface area contributed by atoms with Gasteiger partial charge in [-0.05, 0) is 16.7 Å². The van der Waals surface area contributed by atoms with Crippen molar-refractivity contribution in [3.63, 3.8) is 0 Å². The molecular formula is C24H24Br3OP. The molecular weight excluding hydrogens is 575 g/mol. The molecule has 5 heteroatoms. The van der Waals surface area contributed by atoms with Crippen LogP contribution in [0.2, 0.25) is 0 Å². The number of hydrogen-bond acceptors (Lipinski definition) is 1. The van der Waals surface area contributed by atoms with Gasteiger partial charge in [-0.25, -0.2) is 0 Å². The lowest BCUT2D eigenvalue weighted by Gasteiger charge is -2.26. The van der Waals surface area contributed by atoms with Gasteiger partial charge in [0.15, 0.2) is 0 Å². The Bertz CT molecular complexity index is 796. The first-order chi connectivity index (χ1) is 14.0. The monoisotopic (exact) mass is 596 g/mol. The third kappa shape index (κ3) is 6.92. The number of benzene rings is 3. The van der Waals surface area contributed by atoms with E-state index in [1.807, 2.05) is 54.6 Å². The molecule has 0 saturated carbocycles. The Morgan fingerprint density at radius 3 is 1.00 bits per heavy atom.